The van der Waals surface area contributed by atoms with Gasteiger partial charge in [0.05, 0.1) is 12.5 Å². The number of hydrogen-bond acceptors (Lipinski definition) is 3. The third-order valence-corrected chi connectivity index (χ3v) is 6.17. The van der Waals surface area contributed by atoms with Gasteiger partial charge < -0.3 is 15.0 Å². The average molecular weight is 443 g/mol. The molecule has 0 unspecified atom stereocenters. The Morgan fingerprint density at radius 3 is 2.58 bits per heavy atom. The van der Waals surface area contributed by atoms with E-state index < -0.39 is 0 Å². The minimum atomic E-state index is -0.0125. The monoisotopic (exact) mass is 442 g/mol. The molecule has 0 aromatic heterocycles. The molecule has 0 spiro atoms. The largest absolute Gasteiger partial charge is 0.491 e. The first-order chi connectivity index (χ1) is 16.0. The fraction of sp³-hybridized carbons (Fsp3) is 0.345. The summed E-state index contributed by atoms with van der Waals surface area (Å²) < 4.78 is 6.35. The van der Waals surface area contributed by atoms with Crippen molar-refractivity contribution in [1.29, 1.82) is 0 Å². The quantitative estimate of drug-likeness (QED) is 0.540. The van der Waals surface area contributed by atoms with Gasteiger partial charge in [-0.1, -0.05) is 80.1 Å². The number of carbonyl (C=O) groups is 1. The highest BCUT2D eigenvalue weighted by Crippen LogP contribution is 2.27. The van der Waals surface area contributed by atoms with E-state index in [1.54, 1.807) is 0 Å². The van der Waals surface area contributed by atoms with Gasteiger partial charge in [-0.2, -0.15) is 0 Å². The molecule has 4 rings (SSSR count). The number of carbonyl (C=O) groups excluding carboxylic acids is 1. The number of aryl methyl sites for hydroxylation is 1. The van der Waals surface area contributed by atoms with Crippen LogP contribution in [0.25, 0.3) is 0 Å². The van der Waals surface area contributed by atoms with Gasteiger partial charge in [0.2, 0.25) is 5.91 Å². The molecule has 1 aliphatic heterocycles. The Hall–Kier alpha value is -3.27. The van der Waals surface area contributed by atoms with Crippen molar-refractivity contribution in [1.82, 2.24) is 4.90 Å². The van der Waals surface area contributed by atoms with Crippen LogP contribution < -0.4 is 10.1 Å². The second-order valence-corrected chi connectivity index (χ2v) is 9.40. The standard InChI is InChI=1S/C29H34N2O2/c1-21(2)15-26-20-33-28-14-7-5-11-24(28)18-30-27-13-6-4-12-25(27)19-31(26)29(32)17-23-10-8-9-22(3)16-23/h4-14,16,21,26,30H,15,17-20H2,1-3H3/t26-/m0/s1. The lowest BCUT2D eigenvalue weighted by molar-refractivity contribution is -0.134. The summed E-state index contributed by atoms with van der Waals surface area (Å²) in [4.78, 5) is 15.8. The van der Waals surface area contributed by atoms with E-state index in [4.69, 9.17) is 4.74 Å². The molecule has 1 N–H and O–H groups in total. The van der Waals surface area contributed by atoms with Crippen molar-refractivity contribution in [3.05, 3.63) is 95.1 Å². The van der Waals surface area contributed by atoms with E-state index >= 15 is 0 Å². The van der Waals surface area contributed by atoms with E-state index in [-0.39, 0.29) is 11.9 Å². The first-order valence-corrected chi connectivity index (χ1v) is 11.9. The van der Waals surface area contributed by atoms with E-state index in [9.17, 15) is 4.79 Å². The Kier molecular flexibility index (Phi) is 7.33. The molecule has 4 heteroatoms. The lowest BCUT2D eigenvalue weighted by atomic mass is 10.0. The number of fused-ring (bicyclic) bond motifs is 2. The lowest BCUT2D eigenvalue weighted by Gasteiger charge is -2.33. The molecule has 0 fully saturated rings. The maximum absolute atomic E-state index is 13.7. The summed E-state index contributed by atoms with van der Waals surface area (Å²) in [6, 6.07) is 24.7. The highest BCUT2D eigenvalue weighted by Gasteiger charge is 2.27. The van der Waals surface area contributed by atoms with Crippen molar-refractivity contribution >= 4 is 11.6 Å². The van der Waals surface area contributed by atoms with Crippen LogP contribution >= 0.6 is 0 Å². The minimum absolute atomic E-state index is 0.0125. The van der Waals surface area contributed by atoms with Gasteiger partial charge in [0.25, 0.3) is 0 Å². The molecule has 1 atom stereocenters. The third-order valence-electron chi connectivity index (χ3n) is 6.17. The van der Waals surface area contributed by atoms with Crippen LogP contribution in [0.5, 0.6) is 5.75 Å². The van der Waals surface area contributed by atoms with Gasteiger partial charge in [-0.3, -0.25) is 4.79 Å². The lowest BCUT2D eigenvalue weighted by Crippen LogP contribution is -2.44. The molecule has 1 amide bonds. The smallest absolute Gasteiger partial charge is 0.227 e. The fourth-order valence-electron chi connectivity index (χ4n) is 4.53. The Morgan fingerprint density at radius 2 is 1.79 bits per heavy atom. The van der Waals surface area contributed by atoms with Crippen LogP contribution in [-0.4, -0.2) is 23.5 Å². The maximum Gasteiger partial charge on any atom is 0.227 e. The zero-order chi connectivity index (χ0) is 23.2. The number of benzene rings is 3. The number of nitrogens with one attached hydrogen (secondary N) is 1. The Morgan fingerprint density at radius 1 is 1.03 bits per heavy atom. The van der Waals surface area contributed by atoms with Crippen LogP contribution in [0, 0.1) is 12.8 Å². The number of nitrogens with zero attached hydrogens (tertiary/aromatic N) is 1. The van der Waals surface area contributed by atoms with Crippen molar-refractivity contribution in [2.45, 2.75) is 52.7 Å². The van der Waals surface area contributed by atoms with Crippen LogP contribution in [0.1, 0.15) is 42.5 Å². The van der Waals surface area contributed by atoms with E-state index in [1.165, 1.54) is 5.56 Å². The number of ether oxygens (including phenoxy) is 1. The Labute approximate surface area is 197 Å². The first kappa shape index (κ1) is 22.9. The molecular formula is C29H34N2O2. The molecule has 0 bridgehead atoms. The number of amides is 1. The molecule has 33 heavy (non-hydrogen) atoms. The van der Waals surface area contributed by atoms with Crippen molar-refractivity contribution in [3.8, 4) is 5.75 Å². The van der Waals surface area contributed by atoms with Crippen molar-refractivity contribution < 1.29 is 9.53 Å². The molecule has 3 aromatic carbocycles. The zero-order valence-corrected chi connectivity index (χ0v) is 19.9. The van der Waals surface area contributed by atoms with Crippen molar-refractivity contribution in [2.75, 3.05) is 11.9 Å². The molecule has 172 valence electrons. The summed E-state index contributed by atoms with van der Waals surface area (Å²) in [5, 5.41) is 3.57. The van der Waals surface area contributed by atoms with Crippen LogP contribution in [0.3, 0.4) is 0 Å². The molecule has 0 radical (unpaired) electrons. The minimum Gasteiger partial charge on any atom is -0.491 e. The summed E-state index contributed by atoms with van der Waals surface area (Å²) in [6.07, 6.45) is 1.28. The SMILES string of the molecule is Cc1cccc(CC(=O)N2Cc3ccccc3NCc3ccccc3OC[C@@H]2CC(C)C)c1. The summed E-state index contributed by atoms with van der Waals surface area (Å²) >= 11 is 0. The Balaban J connectivity index is 1.71. The van der Waals surface area contributed by atoms with Gasteiger partial charge in [-0.05, 0) is 42.5 Å². The third kappa shape index (κ3) is 5.95. The number of rotatable bonds is 4. The van der Waals surface area contributed by atoms with Gasteiger partial charge in [-0.25, -0.2) is 0 Å². The second kappa shape index (κ2) is 10.6. The molecule has 0 aliphatic carbocycles. The van der Waals surface area contributed by atoms with E-state index in [1.807, 2.05) is 47.4 Å². The molecule has 1 heterocycles. The number of para-hydroxylation sites is 2. The van der Waals surface area contributed by atoms with Gasteiger partial charge in [-0.15, -0.1) is 0 Å². The maximum atomic E-state index is 13.7. The highest BCUT2D eigenvalue weighted by atomic mass is 16.5. The fourth-order valence-corrected chi connectivity index (χ4v) is 4.53. The van der Waals surface area contributed by atoms with E-state index in [0.29, 0.717) is 32.0 Å². The number of hydrogen-bond donors (Lipinski definition) is 1. The predicted molar refractivity (Wildman–Crippen MR) is 134 cm³/mol. The summed E-state index contributed by atoms with van der Waals surface area (Å²) in [5.41, 5.74) is 5.53. The van der Waals surface area contributed by atoms with Gasteiger partial charge in [0.1, 0.15) is 12.4 Å². The molecular weight excluding hydrogens is 408 g/mol. The molecule has 0 saturated carbocycles. The van der Waals surface area contributed by atoms with Crippen molar-refractivity contribution in [2.24, 2.45) is 5.92 Å². The molecule has 0 saturated heterocycles. The van der Waals surface area contributed by atoms with Gasteiger partial charge in [0, 0.05) is 24.3 Å². The second-order valence-electron chi connectivity index (χ2n) is 9.40. The first-order valence-electron chi connectivity index (χ1n) is 11.9. The van der Waals surface area contributed by atoms with Crippen LogP contribution in [-0.2, 0) is 24.3 Å². The van der Waals surface area contributed by atoms with Gasteiger partial charge >= 0.3 is 0 Å². The Bertz CT molecular complexity index is 1090. The summed E-state index contributed by atoms with van der Waals surface area (Å²) in [7, 11) is 0. The molecule has 4 nitrogen and oxygen atoms in total. The van der Waals surface area contributed by atoms with Crippen LogP contribution in [0.15, 0.2) is 72.8 Å². The molecule has 1 aliphatic rings. The van der Waals surface area contributed by atoms with E-state index in [2.05, 4.69) is 56.4 Å². The molecule has 3 aromatic rings. The summed E-state index contributed by atoms with van der Waals surface area (Å²) in [6.45, 7) is 8.20. The predicted octanol–water partition coefficient (Wildman–Crippen LogP) is 5.99. The van der Waals surface area contributed by atoms with Crippen LogP contribution in [0.2, 0.25) is 0 Å². The zero-order valence-electron chi connectivity index (χ0n) is 19.9. The van der Waals surface area contributed by atoms with Crippen molar-refractivity contribution in [3.63, 3.8) is 0 Å². The highest BCUT2D eigenvalue weighted by molar-refractivity contribution is 5.79. The van der Waals surface area contributed by atoms with Crippen LogP contribution in [0.4, 0.5) is 5.69 Å². The summed E-state index contributed by atoms with van der Waals surface area (Å²) in [5.74, 6) is 1.46. The average Bonchev–Trinajstić information content (AvgIpc) is 2.82. The number of anilines is 1. The topological polar surface area (TPSA) is 41.6 Å². The van der Waals surface area contributed by atoms with Gasteiger partial charge in [0.15, 0.2) is 0 Å². The normalized spacial score (nSPS) is 16.1. The van der Waals surface area contributed by atoms with E-state index in [0.717, 1.165) is 34.5 Å².